The quantitative estimate of drug-likeness (QED) is 0.669. The fourth-order valence-electron chi connectivity index (χ4n) is 2.13. The molecule has 0 amide bonds. The molecule has 0 radical (unpaired) electrons. The topological polar surface area (TPSA) is 28.2 Å². The van der Waals surface area contributed by atoms with Crippen molar-refractivity contribution in [2.24, 2.45) is 0 Å². The molecule has 19 heavy (non-hydrogen) atoms. The zero-order valence-corrected chi connectivity index (χ0v) is 13.8. The number of hydrogen-bond donors (Lipinski definition) is 1. The van der Waals surface area contributed by atoms with Crippen molar-refractivity contribution >= 4 is 11.3 Å². The molecule has 0 unspecified atom stereocenters. The first-order valence-electron chi connectivity index (χ1n) is 7.65. The minimum absolute atomic E-state index is 0.986. The Balaban J connectivity index is 2.54. The van der Waals surface area contributed by atoms with E-state index in [1.165, 1.54) is 22.0 Å². The minimum atomic E-state index is 0.986. The van der Waals surface area contributed by atoms with Gasteiger partial charge in [0, 0.05) is 24.4 Å². The summed E-state index contributed by atoms with van der Waals surface area (Å²) in [5.41, 5.74) is 1.29. The molecule has 110 valence electrons. The third-order valence-electron chi connectivity index (χ3n) is 3.41. The van der Waals surface area contributed by atoms with Crippen molar-refractivity contribution in [3.8, 4) is 0 Å². The summed E-state index contributed by atoms with van der Waals surface area (Å²) in [4.78, 5) is 8.70. The second kappa shape index (κ2) is 9.45. The van der Waals surface area contributed by atoms with E-state index in [4.69, 9.17) is 4.98 Å². The lowest BCUT2D eigenvalue weighted by Crippen LogP contribution is -2.25. The van der Waals surface area contributed by atoms with Crippen molar-refractivity contribution in [1.29, 1.82) is 0 Å². The fraction of sp³-hybridized carbons (Fsp3) is 0.800. The van der Waals surface area contributed by atoms with E-state index >= 15 is 0 Å². The molecule has 0 aliphatic rings. The van der Waals surface area contributed by atoms with Crippen LogP contribution in [0.4, 0.5) is 0 Å². The van der Waals surface area contributed by atoms with Crippen molar-refractivity contribution in [3.63, 3.8) is 0 Å². The van der Waals surface area contributed by atoms with E-state index in [0.717, 1.165) is 45.6 Å². The molecule has 1 N–H and O–H groups in total. The zero-order valence-electron chi connectivity index (χ0n) is 13.0. The van der Waals surface area contributed by atoms with Gasteiger partial charge in [-0.05, 0) is 32.5 Å². The van der Waals surface area contributed by atoms with Crippen LogP contribution >= 0.6 is 11.3 Å². The van der Waals surface area contributed by atoms with E-state index in [-0.39, 0.29) is 0 Å². The standard InChI is InChI=1S/C15H29N3S/c1-5-10-16-12-14-13(6-2)17-15(19-14)9-11-18(7-3)8-4/h16H,5-12H2,1-4H3. The van der Waals surface area contributed by atoms with Crippen molar-refractivity contribution in [1.82, 2.24) is 15.2 Å². The second-order valence-electron chi connectivity index (χ2n) is 4.78. The van der Waals surface area contributed by atoms with Gasteiger partial charge in [0.15, 0.2) is 0 Å². The average molecular weight is 283 g/mol. The maximum Gasteiger partial charge on any atom is 0.0944 e. The summed E-state index contributed by atoms with van der Waals surface area (Å²) in [6, 6.07) is 0. The summed E-state index contributed by atoms with van der Waals surface area (Å²) in [5.74, 6) is 0. The van der Waals surface area contributed by atoms with Gasteiger partial charge in [0.05, 0.1) is 10.7 Å². The molecule has 1 aromatic heterocycles. The molecule has 1 aromatic rings. The van der Waals surface area contributed by atoms with Gasteiger partial charge in [-0.1, -0.05) is 27.7 Å². The number of likely N-dealkylation sites (N-methyl/N-ethyl adjacent to an activating group) is 1. The van der Waals surface area contributed by atoms with E-state index in [1.807, 2.05) is 11.3 Å². The van der Waals surface area contributed by atoms with Gasteiger partial charge in [0.1, 0.15) is 0 Å². The number of hydrogen-bond acceptors (Lipinski definition) is 4. The Morgan fingerprint density at radius 3 is 2.47 bits per heavy atom. The molecule has 3 nitrogen and oxygen atoms in total. The monoisotopic (exact) mass is 283 g/mol. The molecule has 0 saturated heterocycles. The smallest absolute Gasteiger partial charge is 0.0944 e. The first-order valence-corrected chi connectivity index (χ1v) is 8.47. The lowest BCUT2D eigenvalue weighted by Gasteiger charge is -2.16. The third-order valence-corrected chi connectivity index (χ3v) is 4.56. The second-order valence-corrected chi connectivity index (χ2v) is 5.95. The van der Waals surface area contributed by atoms with Crippen LogP contribution in [0.25, 0.3) is 0 Å². The Bertz CT molecular complexity index is 345. The van der Waals surface area contributed by atoms with Crippen LogP contribution in [0, 0.1) is 0 Å². The van der Waals surface area contributed by atoms with Gasteiger partial charge in [-0.15, -0.1) is 11.3 Å². The first kappa shape index (κ1) is 16.6. The van der Waals surface area contributed by atoms with Crippen molar-refractivity contribution in [3.05, 3.63) is 15.6 Å². The molecule has 1 rings (SSSR count). The van der Waals surface area contributed by atoms with E-state index in [2.05, 4.69) is 37.9 Å². The van der Waals surface area contributed by atoms with Crippen LogP contribution in [0.1, 0.15) is 49.7 Å². The number of aryl methyl sites for hydroxylation is 1. The van der Waals surface area contributed by atoms with Crippen LogP contribution in [-0.4, -0.2) is 36.1 Å². The molecular weight excluding hydrogens is 254 g/mol. The van der Waals surface area contributed by atoms with E-state index < -0.39 is 0 Å². The van der Waals surface area contributed by atoms with Gasteiger partial charge < -0.3 is 10.2 Å². The average Bonchev–Trinajstić information content (AvgIpc) is 2.83. The van der Waals surface area contributed by atoms with Crippen LogP contribution in [0.3, 0.4) is 0 Å². The number of aromatic nitrogens is 1. The van der Waals surface area contributed by atoms with E-state index in [9.17, 15) is 0 Å². The highest BCUT2D eigenvalue weighted by atomic mass is 32.1. The van der Waals surface area contributed by atoms with Gasteiger partial charge in [0.25, 0.3) is 0 Å². The Labute approximate surface area is 122 Å². The normalized spacial score (nSPS) is 11.4. The fourth-order valence-corrected chi connectivity index (χ4v) is 3.25. The highest BCUT2D eigenvalue weighted by molar-refractivity contribution is 7.11. The van der Waals surface area contributed by atoms with Crippen LogP contribution in [0.5, 0.6) is 0 Å². The molecule has 0 fully saturated rings. The molecule has 0 aliphatic carbocycles. The molecule has 0 bridgehead atoms. The Kier molecular flexibility index (Phi) is 8.26. The highest BCUT2D eigenvalue weighted by Gasteiger charge is 2.10. The molecule has 0 saturated carbocycles. The number of nitrogens with one attached hydrogen (secondary N) is 1. The van der Waals surface area contributed by atoms with Crippen LogP contribution in [-0.2, 0) is 19.4 Å². The summed E-state index contributed by atoms with van der Waals surface area (Å²) in [6.45, 7) is 14.3. The van der Waals surface area contributed by atoms with Gasteiger partial charge in [-0.25, -0.2) is 4.98 Å². The number of thiazole rings is 1. The molecule has 1 heterocycles. The Morgan fingerprint density at radius 2 is 1.89 bits per heavy atom. The maximum atomic E-state index is 4.80. The largest absolute Gasteiger partial charge is 0.312 e. The van der Waals surface area contributed by atoms with Gasteiger partial charge in [0.2, 0.25) is 0 Å². The lowest BCUT2D eigenvalue weighted by atomic mass is 10.3. The Morgan fingerprint density at radius 1 is 1.16 bits per heavy atom. The van der Waals surface area contributed by atoms with Crippen molar-refractivity contribution in [2.75, 3.05) is 26.2 Å². The van der Waals surface area contributed by atoms with Crippen molar-refractivity contribution in [2.45, 2.75) is 53.5 Å². The maximum absolute atomic E-state index is 4.80. The zero-order chi connectivity index (χ0) is 14.1. The molecule has 0 aromatic carbocycles. The SMILES string of the molecule is CCCNCc1sc(CCN(CC)CC)nc1CC. The number of rotatable bonds is 10. The van der Waals surface area contributed by atoms with Gasteiger partial charge in [-0.3, -0.25) is 0 Å². The van der Waals surface area contributed by atoms with Crippen LogP contribution < -0.4 is 5.32 Å². The van der Waals surface area contributed by atoms with Crippen molar-refractivity contribution < 1.29 is 0 Å². The summed E-state index contributed by atoms with van der Waals surface area (Å²) < 4.78 is 0. The van der Waals surface area contributed by atoms with Crippen LogP contribution in [0.2, 0.25) is 0 Å². The van der Waals surface area contributed by atoms with Gasteiger partial charge in [-0.2, -0.15) is 0 Å². The molecule has 0 spiro atoms. The van der Waals surface area contributed by atoms with E-state index in [1.54, 1.807) is 0 Å². The van der Waals surface area contributed by atoms with Crippen LogP contribution in [0.15, 0.2) is 0 Å². The predicted molar refractivity (Wildman–Crippen MR) is 85.0 cm³/mol. The van der Waals surface area contributed by atoms with Gasteiger partial charge >= 0.3 is 0 Å². The summed E-state index contributed by atoms with van der Waals surface area (Å²) >= 11 is 1.90. The first-order chi connectivity index (χ1) is 9.24. The van der Waals surface area contributed by atoms with E-state index in [0.29, 0.717) is 0 Å². The summed E-state index contributed by atoms with van der Waals surface area (Å²) in [5, 5.41) is 4.79. The third kappa shape index (κ3) is 5.59. The molecular formula is C15H29N3S. The molecule has 0 atom stereocenters. The summed E-state index contributed by atoms with van der Waals surface area (Å²) in [7, 11) is 0. The predicted octanol–water partition coefficient (Wildman–Crippen LogP) is 3.09. The molecule has 4 heteroatoms. The minimum Gasteiger partial charge on any atom is -0.312 e. The highest BCUT2D eigenvalue weighted by Crippen LogP contribution is 2.20. The Hall–Kier alpha value is -0.450. The summed E-state index contributed by atoms with van der Waals surface area (Å²) in [6.07, 6.45) is 3.33. The lowest BCUT2D eigenvalue weighted by molar-refractivity contribution is 0.308. The molecule has 0 aliphatic heterocycles. The number of nitrogens with zero attached hydrogens (tertiary/aromatic N) is 2.